The molecule has 0 spiro atoms. The fraction of sp³-hybridized carbons (Fsp3) is 0.357. The molecule has 2 heterocycles. The van der Waals surface area contributed by atoms with Crippen LogP contribution in [0.15, 0.2) is 42.0 Å². The molecule has 0 bridgehead atoms. The SMILES string of the molecule is CC(C)(C)NC(N)=NCc1ccnc(-n2ccnc2)c1.I. The Hall–Kier alpha value is -1.64. The lowest BCUT2D eigenvalue weighted by atomic mass is 10.1. The Labute approximate surface area is 141 Å². The molecule has 2 rings (SSSR count). The molecule has 21 heavy (non-hydrogen) atoms. The molecule has 2 aromatic rings. The molecule has 0 aliphatic rings. The van der Waals surface area contributed by atoms with Gasteiger partial charge in [-0.3, -0.25) is 4.57 Å². The van der Waals surface area contributed by atoms with Crippen molar-refractivity contribution in [2.24, 2.45) is 10.7 Å². The Morgan fingerprint density at radius 1 is 1.38 bits per heavy atom. The molecule has 3 N–H and O–H groups in total. The van der Waals surface area contributed by atoms with E-state index in [0.29, 0.717) is 12.5 Å². The molecule has 0 radical (unpaired) electrons. The number of hydrogen-bond acceptors (Lipinski definition) is 3. The lowest BCUT2D eigenvalue weighted by molar-refractivity contribution is 0.508. The molecule has 0 atom stereocenters. The van der Waals surface area contributed by atoms with Crippen molar-refractivity contribution >= 4 is 29.9 Å². The number of guanidine groups is 1. The van der Waals surface area contributed by atoms with Crippen molar-refractivity contribution in [2.75, 3.05) is 0 Å². The van der Waals surface area contributed by atoms with Crippen LogP contribution in [0.1, 0.15) is 26.3 Å². The van der Waals surface area contributed by atoms with Crippen LogP contribution in [-0.4, -0.2) is 26.0 Å². The number of nitrogens with two attached hydrogens (primary N) is 1. The second kappa shape index (κ2) is 7.39. The first-order valence-electron chi connectivity index (χ1n) is 6.45. The van der Waals surface area contributed by atoms with Gasteiger partial charge < -0.3 is 11.1 Å². The van der Waals surface area contributed by atoms with E-state index in [2.05, 4.69) is 20.3 Å². The van der Waals surface area contributed by atoms with E-state index in [9.17, 15) is 0 Å². The van der Waals surface area contributed by atoms with Gasteiger partial charge in [0.25, 0.3) is 0 Å². The molecular formula is C14H21IN6. The van der Waals surface area contributed by atoms with E-state index in [-0.39, 0.29) is 29.5 Å². The maximum absolute atomic E-state index is 5.85. The summed E-state index contributed by atoms with van der Waals surface area (Å²) in [6, 6.07) is 3.89. The van der Waals surface area contributed by atoms with Gasteiger partial charge in [0.15, 0.2) is 5.96 Å². The highest BCUT2D eigenvalue weighted by Gasteiger charge is 2.09. The molecule has 6 nitrogen and oxygen atoms in total. The van der Waals surface area contributed by atoms with E-state index in [0.717, 1.165) is 11.4 Å². The quantitative estimate of drug-likeness (QED) is 0.470. The van der Waals surface area contributed by atoms with E-state index in [1.807, 2.05) is 43.7 Å². The zero-order valence-corrected chi connectivity index (χ0v) is 14.8. The summed E-state index contributed by atoms with van der Waals surface area (Å²) >= 11 is 0. The van der Waals surface area contributed by atoms with Gasteiger partial charge in [-0.2, -0.15) is 0 Å². The van der Waals surface area contributed by atoms with E-state index < -0.39 is 0 Å². The largest absolute Gasteiger partial charge is 0.370 e. The summed E-state index contributed by atoms with van der Waals surface area (Å²) in [4.78, 5) is 12.6. The molecule has 0 aliphatic carbocycles. The highest BCUT2D eigenvalue weighted by Crippen LogP contribution is 2.08. The van der Waals surface area contributed by atoms with E-state index >= 15 is 0 Å². The van der Waals surface area contributed by atoms with Crippen molar-refractivity contribution in [3.63, 3.8) is 0 Å². The van der Waals surface area contributed by atoms with Gasteiger partial charge in [-0.05, 0) is 38.5 Å². The molecule has 0 saturated heterocycles. The van der Waals surface area contributed by atoms with Crippen LogP contribution in [0.4, 0.5) is 0 Å². The number of hydrogen-bond donors (Lipinski definition) is 2. The Morgan fingerprint density at radius 3 is 2.76 bits per heavy atom. The zero-order valence-electron chi connectivity index (χ0n) is 12.4. The van der Waals surface area contributed by atoms with Crippen LogP contribution in [0.2, 0.25) is 0 Å². The van der Waals surface area contributed by atoms with Crippen LogP contribution in [0.5, 0.6) is 0 Å². The first-order chi connectivity index (χ1) is 9.44. The third kappa shape index (κ3) is 5.70. The monoisotopic (exact) mass is 400 g/mol. The number of rotatable bonds is 3. The summed E-state index contributed by atoms with van der Waals surface area (Å²) in [5.74, 6) is 1.26. The molecule has 114 valence electrons. The minimum Gasteiger partial charge on any atom is -0.370 e. The summed E-state index contributed by atoms with van der Waals surface area (Å²) in [5, 5.41) is 3.13. The maximum atomic E-state index is 5.85. The Bertz CT molecular complexity index is 586. The van der Waals surface area contributed by atoms with Crippen LogP contribution in [0.3, 0.4) is 0 Å². The zero-order chi connectivity index (χ0) is 14.6. The lowest BCUT2D eigenvalue weighted by Gasteiger charge is -2.21. The average Bonchev–Trinajstić information content (AvgIpc) is 2.88. The smallest absolute Gasteiger partial charge is 0.189 e. The summed E-state index contributed by atoms with van der Waals surface area (Å²) in [6.07, 6.45) is 7.04. The number of imidazole rings is 1. The van der Waals surface area contributed by atoms with E-state index in [1.54, 1.807) is 18.7 Å². The number of halogens is 1. The molecule has 2 aromatic heterocycles. The average molecular weight is 400 g/mol. The first kappa shape index (κ1) is 17.4. The second-order valence-corrected chi connectivity index (χ2v) is 5.57. The third-order valence-corrected chi connectivity index (χ3v) is 2.51. The summed E-state index contributed by atoms with van der Waals surface area (Å²) in [5.41, 5.74) is 6.80. The molecule has 0 amide bonds. The summed E-state index contributed by atoms with van der Waals surface area (Å²) < 4.78 is 1.85. The van der Waals surface area contributed by atoms with Gasteiger partial charge in [-0.1, -0.05) is 0 Å². The fourth-order valence-electron chi connectivity index (χ4n) is 1.69. The molecule has 7 heteroatoms. The van der Waals surface area contributed by atoms with Gasteiger partial charge in [0.2, 0.25) is 0 Å². The highest BCUT2D eigenvalue weighted by molar-refractivity contribution is 14.0. The van der Waals surface area contributed by atoms with Gasteiger partial charge in [0, 0.05) is 24.1 Å². The lowest BCUT2D eigenvalue weighted by Crippen LogP contribution is -2.44. The number of nitrogens with zero attached hydrogens (tertiary/aromatic N) is 4. The van der Waals surface area contributed by atoms with Crippen molar-refractivity contribution in [3.8, 4) is 5.82 Å². The Morgan fingerprint density at radius 2 is 2.14 bits per heavy atom. The van der Waals surface area contributed by atoms with Gasteiger partial charge in [0.05, 0.1) is 6.54 Å². The van der Waals surface area contributed by atoms with Gasteiger partial charge >= 0.3 is 0 Å². The molecule has 0 saturated carbocycles. The van der Waals surface area contributed by atoms with Crippen molar-refractivity contribution in [1.82, 2.24) is 19.9 Å². The molecule has 0 aromatic carbocycles. The Kier molecular flexibility index (Phi) is 6.13. The maximum Gasteiger partial charge on any atom is 0.189 e. The minimum absolute atomic E-state index is 0. The van der Waals surface area contributed by atoms with Crippen molar-refractivity contribution in [2.45, 2.75) is 32.9 Å². The van der Waals surface area contributed by atoms with E-state index in [4.69, 9.17) is 5.73 Å². The molecular weight excluding hydrogens is 379 g/mol. The van der Waals surface area contributed by atoms with Crippen LogP contribution >= 0.6 is 24.0 Å². The normalized spacial score (nSPS) is 11.9. The van der Waals surface area contributed by atoms with Crippen molar-refractivity contribution < 1.29 is 0 Å². The van der Waals surface area contributed by atoms with Crippen LogP contribution in [0, 0.1) is 0 Å². The van der Waals surface area contributed by atoms with Crippen LogP contribution in [-0.2, 0) is 6.54 Å². The van der Waals surface area contributed by atoms with Crippen LogP contribution in [0.25, 0.3) is 5.82 Å². The third-order valence-electron chi connectivity index (χ3n) is 2.51. The minimum atomic E-state index is -0.0895. The molecule has 0 aliphatic heterocycles. The highest BCUT2D eigenvalue weighted by atomic mass is 127. The summed E-state index contributed by atoms with van der Waals surface area (Å²) in [6.45, 7) is 6.63. The van der Waals surface area contributed by atoms with Crippen LogP contribution < -0.4 is 11.1 Å². The van der Waals surface area contributed by atoms with E-state index in [1.165, 1.54) is 0 Å². The second-order valence-electron chi connectivity index (χ2n) is 5.57. The number of aliphatic imine (C=N–C) groups is 1. The predicted octanol–water partition coefficient (Wildman–Crippen LogP) is 2.09. The number of nitrogens with one attached hydrogen (secondary N) is 1. The topological polar surface area (TPSA) is 81.1 Å². The van der Waals surface area contributed by atoms with Crippen molar-refractivity contribution in [1.29, 1.82) is 0 Å². The standard InChI is InChI=1S/C14H20N6.HI/c1-14(2,3)19-13(15)18-9-11-4-5-17-12(8-11)20-7-6-16-10-20;/h4-8,10H,9H2,1-3H3,(H3,15,18,19);1H. The van der Waals surface area contributed by atoms with Gasteiger partial charge in [-0.25, -0.2) is 15.0 Å². The van der Waals surface area contributed by atoms with Gasteiger partial charge in [-0.15, -0.1) is 24.0 Å². The first-order valence-corrected chi connectivity index (χ1v) is 6.45. The molecule has 0 fully saturated rings. The summed E-state index contributed by atoms with van der Waals surface area (Å²) in [7, 11) is 0. The number of pyridine rings is 1. The predicted molar refractivity (Wildman–Crippen MR) is 95.0 cm³/mol. The molecule has 0 unspecified atom stereocenters. The number of aromatic nitrogens is 3. The fourth-order valence-corrected chi connectivity index (χ4v) is 1.69. The van der Waals surface area contributed by atoms with Crippen molar-refractivity contribution in [3.05, 3.63) is 42.6 Å². The van der Waals surface area contributed by atoms with Gasteiger partial charge in [0.1, 0.15) is 12.1 Å². The Balaban J connectivity index is 0.00000220.